The number of aromatic nitrogens is 2. The van der Waals surface area contributed by atoms with Gasteiger partial charge in [0.15, 0.2) is 5.16 Å². The lowest BCUT2D eigenvalue weighted by molar-refractivity contribution is -0.129. The summed E-state index contributed by atoms with van der Waals surface area (Å²) in [4.78, 5) is 19.4. The number of ether oxygens (including phenoxy) is 1. The van der Waals surface area contributed by atoms with E-state index in [-0.39, 0.29) is 12.0 Å². The van der Waals surface area contributed by atoms with E-state index in [1.54, 1.807) is 11.8 Å². The number of thioether (sulfide) groups is 1. The first-order valence-electron chi connectivity index (χ1n) is 10.8. The van der Waals surface area contributed by atoms with Gasteiger partial charge >= 0.3 is 0 Å². The molecule has 156 valence electrons. The summed E-state index contributed by atoms with van der Waals surface area (Å²) in [5.74, 6) is 0.638. The third-order valence-corrected chi connectivity index (χ3v) is 7.11. The SMILES string of the molecule is CN(C(=O)CSc1ncc(-c2ccccc2)n1CC1CCCO1)C1CCCCC1. The Morgan fingerprint density at radius 2 is 1.97 bits per heavy atom. The number of amides is 1. The van der Waals surface area contributed by atoms with Crippen LogP contribution in [0.5, 0.6) is 0 Å². The molecule has 1 aromatic carbocycles. The van der Waals surface area contributed by atoms with Crippen LogP contribution in [0.1, 0.15) is 44.9 Å². The van der Waals surface area contributed by atoms with Gasteiger partial charge < -0.3 is 14.2 Å². The van der Waals surface area contributed by atoms with Crippen molar-refractivity contribution in [3.8, 4) is 11.3 Å². The Morgan fingerprint density at radius 3 is 2.69 bits per heavy atom. The highest BCUT2D eigenvalue weighted by molar-refractivity contribution is 7.99. The molecule has 5 nitrogen and oxygen atoms in total. The molecule has 6 heteroatoms. The van der Waals surface area contributed by atoms with Crippen LogP contribution in [0.3, 0.4) is 0 Å². The summed E-state index contributed by atoms with van der Waals surface area (Å²) >= 11 is 1.55. The first-order valence-corrected chi connectivity index (χ1v) is 11.8. The van der Waals surface area contributed by atoms with E-state index >= 15 is 0 Å². The van der Waals surface area contributed by atoms with E-state index in [0.717, 1.165) is 55.2 Å². The van der Waals surface area contributed by atoms with Crippen LogP contribution in [0, 0.1) is 0 Å². The van der Waals surface area contributed by atoms with Crippen LogP contribution < -0.4 is 0 Å². The van der Waals surface area contributed by atoms with Crippen LogP contribution in [-0.2, 0) is 16.1 Å². The fourth-order valence-corrected chi connectivity index (χ4v) is 5.29. The van der Waals surface area contributed by atoms with Gasteiger partial charge in [0.2, 0.25) is 5.91 Å². The summed E-state index contributed by atoms with van der Waals surface area (Å²) in [6, 6.07) is 10.8. The van der Waals surface area contributed by atoms with Crippen molar-refractivity contribution in [2.24, 2.45) is 0 Å². The summed E-state index contributed by atoms with van der Waals surface area (Å²) in [6.45, 7) is 1.63. The molecule has 0 radical (unpaired) electrons. The molecule has 1 atom stereocenters. The van der Waals surface area contributed by atoms with Gasteiger partial charge in [0, 0.05) is 19.7 Å². The van der Waals surface area contributed by atoms with Crippen molar-refractivity contribution in [1.29, 1.82) is 0 Å². The second-order valence-electron chi connectivity index (χ2n) is 8.12. The molecule has 2 aromatic rings. The predicted molar refractivity (Wildman–Crippen MR) is 117 cm³/mol. The molecule has 0 spiro atoms. The number of carbonyl (C=O) groups excluding carboxylic acids is 1. The lowest BCUT2D eigenvalue weighted by Crippen LogP contribution is -2.39. The highest BCUT2D eigenvalue weighted by Gasteiger charge is 2.24. The zero-order valence-electron chi connectivity index (χ0n) is 17.3. The van der Waals surface area contributed by atoms with E-state index in [9.17, 15) is 4.79 Å². The van der Waals surface area contributed by atoms with Crippen molar-refractivity contribution in [2.45, 2.75) is 68.8 Å². The standard InChI is InChI=1S/C23H31N3O2S/c1-25(19-11-6-3-7-12-19)22(27)17-29-23-24-15-21(18-9-4-2-5-10-18)26(23)16-20-13-8-14-28-20/h2,4-5,9-10,15,19-20H,3,6-8,11-14,16-17H2,1H3. The quantitative estimate of drug-likeness (QED) is 0.622. The molecule has 1 saturated heterocycles. The Hall–Kier alpha value is -1.79. The Morgan fingerprint density at radius 1 is 1.17 bits per heavy atom. The zero-order valence-corrected chi connectivity index (χ0v) is 18.1. The molecule has 1 amide bonds. The van der Waals surface area contributed by atoms with Gasteiger partial charge in [-0.05, 0) is 31.2 Å². The van der Waals surface area contributed by atoms with Gasteiger partial charge in [-0.15, -0.1) is 0 Å². The number of nitrogens with zero attached hydrogens (tertiary/aromatic N) is 3. The molecular formula is C23H31N3O2S. The number of benzene rings is 1. The number of rotatable bonds is 7. The largest absolute Gasteiger partial charge is 0.376 e. The number of hydrogen-bond acceptors (Lipinski definition) is 4. The predicted octanol–water partition coefficient (Wildman–Crippen LogP) is 4.61. The smallest absolute Gasteiger partial charge is 0.233 e. The molecule has 0 N–H and O–H groups in total. The minimum Gasteiger partial charge on any atom is -0.376 e. The topological polar surface area (TPSA) is 47.4 Å². The van der Waals surface area contributed by atoms with E-state index < -0.39 is 0 Å². The molecule has 1 aromatic heterocycles. The maximum Gasteiger partial charge on any atom is 0.233 e. The highest BCUT2D eigenvalue weighted by Crippen LogP contribution is 2.29. The zero-order chi connectivity index (χ0) is 20.1. The van der Waals surface area contributed by atoms with Gasteiger partial charge in [0.1, 0.15) is 0 Å². The number of hydrogen-bond donors (Lipinski definition) is 0. The van der Waals surface area contributed by atoms with Gasteiger partial charge in [-0.25, -0.2) is 4.98 Å². The maximum absolute atomic E-state index is 12.8. The summed E-state index contributed by atoms with van der Waals surface area (Å²) in [5, 5.41) is 0.907. The van der Waals surface area contributed by atoms with Gasteiger partial charge in [0.05, 0.1) is 30.3 Å². The molecule has 2 heterocycles. The van der Waals surface area contributed by atoms with Crippen molar-refractivity contribution < 1.29 is 9.53 Å². The van der Waals surface area contributed by atoms with Crippen molar-refractivity contribution >= 4 is 17.7 Å². The first-order chi connectivity index (χ1) is 14.2. The van der Waals surface area contributed by atoms with Crippen molar-refractivity contribution in [3.63, 3.8) is 0 Å². The van der Waals surface area contributed by atoms with Crippen LogP contribution >= 0.6 is 11.8 Å². The van der Waals surface area contributed by atoms with Gasteiger partial charge in [0.25, 0.3) is 0 Å². The lowest BCUT2D eigenvalue weighted by atomic mass is 9.94. The van der Waals surface area contributed by atoms with E-state index in [1.165, 1.54) is 19.3 Å². The molecule has 1 aliphatic carbocycles. The van der Waals surface area contributed by atoms with Gasteiger partial charge in [-0.1, -0.05) is 61.4 Å². The van der Waals surface area contributed by atoms with Crippen LogP contribution in [0.2, 0.25) is 0 Å². The number of carbonyl (C=O) groups is 1. The molecule has 0 bridgehead atoms. The van der Waals surface area contributed by atoms with Gasteiger partial charge in [-0.2, -0.15) is 0 Å². The highest BCUT2D eigenvalue weighted by atomic mass is 32.2. The third-order valence-electron chi connectivity index (χ3n) is 6.14. The third kappa shape index (κ3) is 5.04. The fourth-order valence-electron chi connectivity index (χ4n) is 4.38. The van der Waals surface area contributed by atoms with E-state index in [2.05, 4.69) is 21.7 Å². The van der Waals surface area contributed by atoms with E-state index in [4.69, 9.17) is 4.74 Å². The van der Waals surface area contributed by atoms with Crippen LogP contribution in [-0.4, -0.2) is 51.9 Å². The summed E-state index contributed by atoms with van der Waals surface area (Å²) in [7, 11) is 1.97. The molecule has 29 heavy (non-hydrogen) atoms. The Kier molecular flexibility index (Phi) is 6.93. The maximum atomic E-state index is 12.8. The molecule has 1 unspecified atom stereocenters. The second-order valence-corrected chi connectivity index (χ2v) is 9.07. The van der Waals surface area contributed by atoms with Crippen LogP contribution in [0.15, 0.2) is 41.7 Å². The molecular weight excluding hydrogens is 382 g/mol. The Bertz CT molecular complexity index is 796. The second kappa shape index (κ2) is 9.81. The van der Waals surface area contributed by atoms with E-state index in [0.29, 0.717) is 11.8 Å². The van der Waals surface area contributed by atoms with Crippen molar-refractivity contribution in [3.05, 3.63) is 36.5 Å². The minimum absolute atomic E-state index is 0.204. The monoisotopic (exact) mass is 413 g/mol. The Labute approximate surface area is 177 Å². The van der Waals surface area contributed by atoms with Crippen molar-refractivity contribution in [1.82, 2.24) is 14.5 Å². The first kappa shape index (κ1) is 20.5. The normalized spacial score (nSPS) is 20.1. The van der Waals surface area contributed by atoms with Gasteiger partial charge in [-0.3, -0.25) is 4.79 Å². The van der Waals surface area contributed by atoms with Crippen molar-refractivity contribution in [2.75, 3.05) is 19.4 Å². The molecule has 1 saturated carbocycles. The Balaban J connectivity index is 1.47. The fraction of sp³-hybridized carbons (Fsp3) is 0.565. The molecule has 2 aliphatic rings. The molecule has 2 fully saturated rings. The van der Waals surface area contributed by atoms with Crippen LogP contribution in [0.4, 0.5) is 0 Å². The van der Waals surface area contributed by atoms with Crippen LogP contribution in [0.25, 0.3) is 11.3 Å². The summed E-state index contributed by atoms with van der Waals surface area (Å²) in [5.41, 5.74) is 2.24. The van der Waals surface area contributed by atoms with E-state index in [1.807, 2.05) is 36.3 Å². The average Bonchev–Trinajstić information content (AvgIpc) is 3.43. The molecule has 1 aliphatic heterocycles. The summed E-state index contributed by atoms with van der Waals surface area (Å²) < 4.78 is 8.12. The molecule has 4 rings (SSSR count). The minimum atomic E-state index is 0.204. The summed E-state index contributed by atoms with van der Waals surface area (Å²) in [6.07, 6.45) is 10.4. The lowest BCUT2D eigenvalue weighted by Gasteiger charge is -2.31. The number of imidazole rings is 1. The average molecular weight is 414 g/mol.